The summed E-state index contributed by atoms with van der Waals surface area (Å²) in [7, 11) is 0. The summed E-state index contributed by atoms with van der Waals surface area (Å²) in [5, 5.41) is 2.15. The third-order valence-electron chi connectivity index (χ3n) is 0.398. The standard InChI is InChI=1S/C3H7BI/c1-2-3-4-5/h2-3H2,1H3. The predicted octanol–water partition coefficient (Wildman–Crippen LogP) is 1.87. The van der Waals surface area contributed by atoms with Gasteiger partial charge < -0.3 is 0 Å². The molecule has 0 amide bonds. The summed E-state index contributed by atoms with van der Waals surface area (Å²) in [5.74, 6) is 0. The van der Waals surface area contributed by atoms with E-state index in [4.69, 9.17) is 0 Å². The van der Waals surface area contributed by atoms with E-state index in [-0.39, 0.29) is 0 Å². The number of rotatable bonds is 2. The van der Waals surface area contributed by atoms with Crippen LogP contribution in [0.5, 0.6) is 0 Å². The van der Waals surface area contributed by atoms with Gasteiger partial charge >= 0.3 is 0 Å². The quantitative estimate of drug-likeness (QED) is 0.450. The Labute approximate surface area is 47.5 Å². The molecular formula is C3H7BI. The van der Waals surface area contributed by atoms with Gasteiger partial charge in [-0.3, -0.25) is 0 Å². The molecule has 0 saturated carbocycles. The summed E-state index contributed by atoms with van der Waals surface area (Å²) in [5.41, 5.74) is 0. The minimum absolute atomic E-state index is 1.25. The number of hydrogen-bond acceptors (Lipinski definition) is 0. The van der Waals surface area contributed by atoms with Crippen LogP contribution in [0.15, 0.2) is 0 Å². The van der Waals surface area contributed by atoms with Crippen molar-refractivity contribution in [3.8, 4) is 0 Å². The smallest absolute Gasteiger partial charge is 0.159 e. The molecule has 0 heterocycles. The molecule has 0 aromatic rings. The molecule has 0 spiro atoms. The monoisotopic (exact) mass is 181 g/mol. The Kier molecular flexibility index (Phi) is 5.56. The van der Waals surface area contributed by atoms with Gasteiger partial charge in [0.25, 0.3) is 0 Å². The molecule has 0 aromatic heterocycles. The molecule has 0 rings (SSSR count). The molecule has 0 N–H and O–H groups in total. The van der Waals surface area contributed by atoms with Crippen LogP contribution in [-0.4, -0.2) is 5.14 Å². The first kappa shape index (κ1) is 5.79. The molecule has 0 atom stereocenters. The van der Waals surface area contributed by atoms with Crippen LogP contribution in [0.25, 0.3) is 0 Å². The maximum absolute atomic E-state index is 2.26. The highest BCUT2D eigenvalue weighted by atomic mass is 127. The Hall–Kier alpha value is 0.795. The predicted molar refractivity (Wildman–Crippen MR) is 34.9 cm³/mol. The van der Waals surface area contributed by atoms with E-state index < -0.39 is 0 Å². The highest BCUT2D eigenvalue weighted by Crippen LogP contribution is 1.88. The van der Waals surface area contributed by atoms with Crippen LogP contribution in [0.1, 0.15) is 13.3 Å². The lowest BCUT2D eigenvalue weighted by molar-refractivity contribution is 1.08. The van der Waals surface area contributed by atoms with Crippen molar-refractivity contribution in [3.63, 3.8) is 0 Å². The van der Waals surface area contributed by atoms with Gasteiger partial charge in [0.2, 0.25) is 0 Å². The first-order valence-electron chi connectivity index (χ1n) is 1.83. The molecule has 29 valence electrons. The number of halogens is 1. The summed E-state index contributed by atoms with van der Waals surface area (Å²) in [6.45, 7) is 2.18. The van der Waals surface area contributed by atoms with Crippen molar-refractivity contribution in [2.45, 2.75) is 19.7 Å². The average Bonchev–Trinajstić information content (AvgIpc) is 1.41. The first-order valence-corrected chi connectivity index (χ1v) is 3.08. The van der Waals surface area contributed by atoms with Crippen molar-refractivity contribution in [2.75, 3.05) is 0 Å². The molecule has 0 nitrogen and oxygen atoms in total. The van der Waals surface area contributed by atoms with Gasteiger partial charge in [0.15, 0.2) is 5.14 Å². The molecule has 0 aliphatic rings. The summed E-state index contributed by atoms with van der Waals surface area (Å²) >= 11 is 2.26. The van der Waals surface area contributed by atoms with Gasteiger partial charge in [0.1, 0.15) is 0 Å². The second-order valence-electron chi connectivity index (χ2n) is 0.943. The molecule has 0 saturated heterocycles. The molecule has 2 heteroatoms. The largest absolute Gasteiger partial charge is 0.200 e. The Morgan fingerprint density at radius 1 is 1.80 bits per heavy atom. The first-order chi connectivity index (χ1) is 2.41. The fourth-order valence-electron chi connectivity index (χ4n) is 0.109. The zero-order valence-corrected chi connectivity index (χ0v) is 5.53. The lowest BCUT2D eigenvalue weighted by atomic mass is 10.0. The third kappa shape index (κ3) is 4.79. The van der Waals surface area contributed by atoms with E-state index in [1.54, 1.807) is 0 Å². The Morgan fingerprint density at radius 2 is 2.40 bits per heavy atom. The highest BCUT2D eigenvalue weighted by Gasteiger charge is 1.73. The Bertz CT molecular complexity index is 14.4. The Balaban J connectivity index is 2.19. The van der Waals surface area contributed by atoms with Crippen molar-refractivity contribution in [1.29, 1.82) is 0 Å². The molecule has 0 aliphatic carbocycles. The van der Waals surface area contributed by atoms with E-state index in [2.05, 4.69) is 34.4 Å². The summed E-state index contributed by atoms with van der Waals surface area (Å²) in [6, 6.07) is 0. The normalized spacial score (nSPS) is 7.60. The molecule has 0 aromatic carbocycles. The SMILES string of the molecule is CCC[B]I. The van der Waals surface area contributed by atoms with Gasteiger partial charge in [0.05, 0.1) is 0 Å². The Morgan fingerprint density at radius 3 is 2.40 bits per heavy atom. The molecule has 0 unspecified atom stereocenters. The molecule has 0 fully saturated rings. The minimum Gasteiger partial charge on any atom is -0.159 e. The molecule has 5 heavy (non-hydrogen) atoms. The van der Waals surface area contributed by atoms with Crippen LogP contribution in [0, 0.1) is 0 Å². The lowest BCUT2D eigenvalue weighted by Crippen LogP contribution is -1.68. The summed E-state index contributed by atoms with van der Waals surface area (Å²) in [6.07, 6.45) is 2.53. The van der Waals surface area contributed by atoms with E-state index in [0.717, 1.165) is 0 Å². The zero-order valence-electron chi connectivity index (χ0n) is 3.37. The molecule has 1 radical (unpaired) electrons. The molecular weight excluding hydrogens is 174 g/mol. The minimum atomic E-state index is 1.25. The van der Waals surface area contributed by atoms with E-state index in [1.807, 2.05) is 0 Å². The maximum Gasteiger partial charge on any atom is 0.200 e. The van der Waals surface area contributed by atoms with Gasteiger partial charge in [-0.05, 0) is 0 Å². The van der Waals surface area contributed by atoms with Gasteiger partial charge in [-0.25, -0.2) is 0 Å². The van der Waals surface area contributed by atoms with Gasteiger partial charge in [-0.15, -0.1) is 0 Å². The second kappa shape index (κ2) is 4.79. The highest BCUT2D eigenvalue weighted by molar-refractivity contribution is 14.1. The van der Waals surface area contributed by atoms with E-state index in [1.165, 1.54) is 12.7 Å². The molecule has 0 aliphatic heterocycles. The average molecular weight is 181 g/mol. The van der Waals surface area contributed by atoms with Gasteiger partial charge in [0, 0.05) is 0 Å². The van der Waals surface area contributed by atoms with Crippen LogP contribution < -0.4 is 0 Å². The second-order valence-corrected chi connectivity index (χ2v) is 1.82. The van der Waals surface area contributed by atoms with Crippen LogP contribution >= 0.6 is 22.4 Å². The van der Waals surface area contributed by atoms with Crippen molar-refractivity contribution in [2.24, 2.45) is 0 Å². The lowest BCUT2D eigenvalue weighted by Gasteiger charge is -1.75. The fraction of sp³-hybridized carbons (Fsp3) is 1.00. The topological polar surface area (TPSA) is 0 Å². The fourth-order valence-corrected chi connectivity index (χ4v) is 0.732. The van der Waals surface area contributed by atoms with E-state index >= 15 is 0 Å². The van der Waals surface area contributed by atoms with Gasteiger partial charge in [-0.2, -0.15) is 22.4 Å². The van der Waals surface area contributed by atoms with E-state index in [0.29, 0.717) is 0 Å². The van der Waals surface area contributed by atoms with Crippen LogP contribution in [-0.2, 0) is 0 Å². The van der Waals surface area contributed by atoms with Crippen molar-refractivity contribution < 1.29 is 0 Å². The van der Waals surface area contributed by atoms with Crippen molar-refractivity contribution in [3.05, 3.63) is 0 Å². The zero-order chi connectivity index (χ0) is 4.12. The van der Waals surface area contributed by atoms with Crippen molar-refractivity contribution in [1.82, 2.24) is 0 Å². The number of hydrogen-bond donors (Lipinski definition) is 0. The summed E-state index contributed by atoms with van der Waals surface area (Å²) in [4.78, 5) is 0. The third-order valence-corrected chi connectivity index (χ3v) is 1.02. The van der Waals surface area contributed by atoms with Crippen LogP contribution in [0.2, 0.25) is 6.32 Å². The maximum atomic E-state index is 2.26. The van der Waals surface area contributed by atoms with Crippen molar-refractivity contribution >= 4 is 27.5 Å². The summed E-state index contributed by atoms with van der Waals surface area (Å²) < 4.78 is 0. The van der Waals surface area contributed by atoms with Crippen LogP contribution in [0.4, 0.5) is 0 Å². The van der Waals surface area contributed by atoms with Gasteiger partial charge in [-0.1, -0.05) is 19.7 Å². The van der Waals surface area contributed by atoms with Crippen LogP contribution in [0.3, 0.4) is 0 Å². The molecule has 0 bridgehead atoms. The van der Waals surface area contributed by atoms with E-state index in [9.17, 15) is 0 Å².